The molecule has 0 amide bonds. The summed E-state index contributed by atoms with van der Waals surface area (Å²) < 4.78 is 1.06. The predicted octanol–water partition coefficient (Wildman–Crippen LogP) is 3.69. The van der Waals surface area contributed by atoms with Crippen molar-refractivity contribution >= 4 is 44.0 Å². The first-order valence-corrected chi connectivity index (χ1v) is 7.30. The van der Waals surface area contributed by atoms with Crippen molar-refractivity contribution in [2.24, 2.45) is 0 Å². The van der Waals surface area contributed by atoms with Gasteiger partial charge in [-0.15, -0.1) is 0 Å². The van der Waals surface area contributed by atoms with Gasteiger partial charge in [-0.1, -0.05) is 51.0 Å². The summed E-state index contributed by atoms with van der Waals surface area (Å²) in [6, 6.07) is 8.12. The van der Waals surface area contributed by atoms with Crippen molar-refractivity contribution in [3.8, 4) is 0 Å². The first-order chi connectivity index (χ1) is 8.60. The van der Waals surface area contributed by atoms with Crippen molar-refractivity contribution in [3.05, 3.63) is 44.3 Å². The molecule has 96 valence electrons. The number of benzene rings is 1. The Labute approximate surface area is 123 Å². The van der Waals surface area contributed by atoms with E-state index >= 15 is 0 Å². The first kappa shape index (κ1) is 13.8. The van der Waals surface area contributed by atoms with E-state index in [4.69, 9.17) is 16.7 Å². The van der Waals surface area contributed by atoms with Crippen LogP contribution in [0.4, 0.5) is 5.13 Å². The van der Waals surface area contributed by atoms with Gasteiger partial charge in [0.15, 0.2) is 5.13 Å². The second kappa shape index (κ2) is 6.02. The Morgan fingerprint density at radius 3 is 2.89 bits per heavy atom. The van der Waals surface area contributed by atoms with E-state index in [0.717, 1.165) is 16.1 Å². The van der Waals surface area contributed by atoms with E-state index in [1.165, 1.54) is 16.9 Å². The van der Waals surface area contributed by atoms with Gasteiger partial charge in [-0.25, -0.2) is 4.98 Å². The molecule has 0 saturated carbocycles. The molecule has 0 aliphatic carbocycles. The molecule has 1 heterocycles. The van der Waals surface area contributed by atoms with Crippen LogP contribution in [0.15, 0.2) is 28.7 Å². The highest BCUT2D eigenvalue weighted by molar-refractivity contribution is 9.10. The van der Waals surface area contributed by atoms with Gasteiger partial charge in [0.1, 0.15) is 5.15 Å². The lowest BCUT2D eigenvalue weighted by Crippen LogP contribution is -2.15. The van der Waals surface area contributed by atoms with E-state index in [-0.39, 0.29) is 6.61 Å². The molecule has 0 aliphatic rings. The van der Waals surface area contributed by atoms with E-state index in [1.807, 2.05) is 24.1 Å². The molecule has 6 heteroatoms. The molecular weight excluding hydrogens is 336 g/mol. The molecule has 0 atom stereocenters. The maximum atomic E-state index is 9.10. The Bertz CT molecular complexity index is 547. The third kappa shape index (κ3) is 3.23. The molecule has 0 saturated heterocycles. The van der Waals surface area contributed by atoms with Gasteiger partial charge >= 0.3 is 0 Å². The lowest BCUT2D eigenvalue weighted by atomic mass is 10.2. The summed E-state index contributed by atoms with van der Waals surface area (Å²) in [6.45, 7) is 0.676. The number of aliphatic hydroxyl groups is 1. The normalized spacial score (nSPS) is 10.7. The van der Waals surface area contributed by atoms with Crippen LogP contribution >= 0.6 is 38.9 Å². The zero-order valence-electron chi connectivity index (χ0n) is 9.73. The third-order valence-corrected chi connectivity index (χ3v) is 4.49. The molecule has 18 heavy (non-hydrogen) atoms. The molecule has 1 aromatic heterocycles. The highest BCUT2D eigenvalue weighted by Crippen LogP contribution is 2.29. The largest absolute Gasteiger partial charge is 0.391 e. The SMILES string of the molecule is CN(Cc1cccc(Br)c1)c1nc(Cl)c(CO)s1. The third-order valence-electron chi connectivity index (χ3n) is 2.42. The number of hydrogen-bond acceptors (Lipinski definition) is 4. The van der Waals surface area contributed by atoms with E-state index < -0.39 is 0 Å². The van der Waals surface area contributed by atoms with Crippen molar-refractivity contribution in [2.75, 3.05) is 11.9 Å². The minimum Gasteiger partial charge on any atom is -0.391 e. The summed E-state index contributed by atoms with van der Waals surface area (Å²) >= 11 is 10.8. The van der Waals surface area contributed by atoms with Gasteiger partial charge in [0.05, 0.1) is 11.5 Å². The highest BCUT2D eigenvalue weighted by atomic mass is 79.9. The molecule has 0 radical (unpaired) electrons. The van der Waals surface area contributed by atoms with Crippen LogP contribution in [-0.2, 0) is 13.2 Å². The molecule has 2 aromatic rings. The summed E-state index contributed by atoms with van der Waals surface area (Å²) in [5.41, 5.74) is 1.18. The lowest BCUT2D eigenvalue weighted by molar-refractivity contribution is 0.285. The first-order valence-electron chi connectivity index (χ1n) is 5.32. The van der Waals surface area contributed by atoms with Crippen molar-refractivity contribution in [3.63, 3.8) is 0 Å². The Kier molecular flexibility index (Phi) is 4.61. The van der Waals surface area contributed by atoms with Gasteiger partial charge in [0.25, 0.3) is 0 Å². The maximum Gasteiger partial charge on any atom is 0.187 e. The Hall–Kier alpha value is -0.620. The predicted molar refractivity (Wildman–Crippen MR) is 79.3 cm³/mol. The number of hydrogen-bond donors (Lipinski definition) is 1. The Morgan fingerprint density at radius 2 is 2.28 bits per heavy atom. The maximum absolute atomic E-state index is 9.10. The zero-order chi connectivity index (χ0) is 13.1. The van der Waals surface area contributed by atoms with Crippen LogP contribution < -0.4 is 4.90 Å². The number of aliphatic hydroxyl groups excluding tert-OH is 1. The molecule has 0 spiro atoms. The van der Waals surface area contributed by atoms with Crippen LogP contribution in [0.3, 0.4) is 0 Å². The van der Waals surface area contributed by atoms with Gasteiger partial charge < -0.3 is 10.0 Å². The summed E-state index contributed by atoms with van der Waals surface area (Å²) in [6.07, 6.45) is 0. The number of nitrogens with zero attached hydrogens (tertiary/aromatic N) is 2. The zero-order valence-corrected chi connectivity index (χ0v) is 12.9. The molecule has 3 nitrogen and oxygen atoms in total. The van der Waals surface area contributed by atoms with Crippen LogP contribution in [0.1, 0.15) is 10.4 Å². The smallest absolute Gasteiger partial charge is 0.187 e. The minimum absolute atomic E-state index is 0.0682. The lowest BCUT2D eigenvalue weighted by Gasteiger charge is -2.15. The van der Waals surface area contributed by atoms with Gasteiger partial charge in [-0.05, 0) is 17.7 Å². The summed E-state index contributed by atoms with van der Waals surface area (Å²) in [7, 11) is 1.96. The van der Waals surface area contributed by atoms with Crippen LogP contribution in [0.2, 0.25) is 5.15 Å². The number of thiazole rings is 1. The van der Waals surface area contributed by atoms with Crippen LogP contribution in [0.25, 0.3) is 0 Å². The Balaban J connectivity index is 2.13. The minimum atomic E-state index is -0.0682. The fourth-order valence-electron chi connectivity index (χ4n) is 1.56. The molecule has 0 fully saturated rings. The van der Waals surface area contributed by atoms with E-state index in [2.05, 4.69) is 33.0 Å². The second-order valence-electron chi connectivity index (χ2n) is 3.85. The van der Waals surface area contributed by atoms with Crippen molar-refractivity contribution in [2.45, 2.75) is 13.2 Å². The number of anilines is 1. The summed E-state index contributed by atoms with van der Waals surface area (Å²) in [5.74, 6) is 0. The van der Waals surface area contributed by atoms with Crippen molar-refractivity contribution in [1.29, 1.82) is 0 Å². The molecule has 0 bridgehead atoms. The fraction of sp³-hybridized carbons (Fsp3) is 0.250. The molecule has 1 aromatic carbocycles. The van der Waals surface area contributed by atoms with Gasteiger partial charge in [-0.2, -0.15) is 0 Å². The molecular formula is C12H12BrClN2OS. The van der Waals surface area contributed by atoms with Crippen molar-refractivity contribution < 1.29 is 5.11 Å². The average Bonchev–Trinajstić information content (AvgIpc) is 2.70. The molecule has 1 N–H and O–H groups in total. The monoisotopic (exact) mass is 346 g/mol. The topological polar surface area (TPSA) is 36.4 Å². The van der Waals surface area contributed by atoms with E-state index in [1.54, 1.807) is 0 Å². The summed E-state index contributed by atoms with van der Waals surface area (Å²) in [4.78, 5) is 6.95. The number of aromatic nitrogens is 1. The summed E-state index contributed by atoms with van der Waals surface area (Å²) in [5, 5.41) is 10.3. The molecule has 2 rings (SSSR count). The molecule has 0 aliphatic heterocycles. The quantitative estimate of drug-likeness (QED) is 0.916. The number of halogens is 2. The highest BCUT2D eigenvalue weighted by Gasteiger charge is 2.12. The van der Waals surface area contributed by atoms with Crippen LogP contribution in [-0.4, -0.2) is 17.1 Å². The standard InChI is InChI=1S/C12H12BrClN2OS/c1-16(6-8-3-2-4-9(13)5-8)12-15-11(14)10(7-17)18-12/h2-5,17H,6-7H2,1H3. The van der Waals surface area contributed by atoms with Gasteiger partial charge in [0.2, 0.25) is 0 Å². The fourth-order valence-corrected chi connectivity index (χ4v) is 3.08. The number of rotatable bonds is 4. The van der Waals surface area contributed by atoms with E-state index in [9.17, 15) is 0 Å². The van der Waals surface area contributed by atoms with Crippen LogP contribution in [0.5, 0.6) is 0 Å². The van der Waals surface area contributed by atoms with Gasteiger partial charge in [0, 0.05) is 18.1 Å². The van der Waals surface area contributed by atoms with Crippen LogP contribution in [0, 0.1) is 0 Å². The van der Waals surface area contributed by atoms with Crippen molar-refractivity contribution in [1.82, 2.24) is 4.98 Å². The second-order valence-corrected chi connectivity index (χ2v) is 6.19. The molecule has 0 unspecified atom stereocenters. The van der Waals surface area contributed by atoms with Gasteiger partial charge in [-0.3, -0.25) is 0 Å². The average molecular weight is 348 g/mol. The van der Waals surface area contributed by atoms with E-state index in [0.29, 0.717) is 10.0 Å². The Morgan fingerprint density at radius 1 is 1.50 bits per heavy atom.